The zero-order valence-electron chi connectivity index (χ0n) is 9.85. The number of rotatable bonds is 5. The predicted octanol–water partition coefficient (Wildman–Crippen LogP) is -0.0520. The normalized spacial score (nSPS) is 11.9. The molecule has 1 heterocycles. The molecule has 0 bridgehead atoms. The zero-order chi connectivity index (χ0) is 11.8. The fraction of sp³-hybridized carbons (Fsp3) is 0.600. The maximum Gasteiger partial charge on any atom is 0.205 e. The minimum absolute atomic E-state index is 0.527. The molecule has 0 aliphatic heterocycles. The van der Waals surface area contributed by atoms with Crippen LogP contribution >= 0.6 is 0 Å². The highest BCUT2D eigenvalue weighted by molar-refractivity contribution is 5.79. The van der Waals surface area contributed by atoms with Crippen molar-refractivity contribution in [3.8, 4) is 0 Å². The van der Waals surface area contributed by atoms with Crippen LogP contribution in [-0.2, 0) is 6.54 Å². The van der Waals surface area contributed by atoms with Gasteiger partial charge < -0.3 is 9.88 Å². The first-order chi connectivity index (χ1) is 7.72. The second-order valence-electron chi connectivity index (χ2n) is 3.95. The molecule has 0 radical (unpaired) electrons. The van der Waals surface area contributed by atoms with Crippen LogP contribution in [-0.4, -0.2) is 28.6 Å². The molecule has 1 aromatic heterocycles. The van der Waals surface area contributed by atoms with Crippen LogP contribution in [0.4, 0.5) is 0 Å². The molecule has 90 valence electrons. The Morgan fingerprint density at radius 3 is 2.94 bits per heavy atom. The van der Waals surface area contributed by atoms with Gasteiger partial charge in [-0.1, -0.05) is 13.8 Å². The molecule has 1 aromatic rings. The lowest BCUT2D eigenvalue weighted by molar-refractivity contribution is 0.641. The van der Waals surface area contributed by atoms with Crippen LogP contribution in [0, 0.1) is 5.92 Å². The summed E-state index contributed by atoms with van der Waals surface area (Å²) in [6, 6.07) is 0. The molecule has 0 saturated heterocycles. The van der Waals surface area contributed by atoms with Gasteiger partial charge in [0.25, 0.3) is 0 Å². The van der Waals surface area contributed by atoms with E-state index in [0.29, 0.717) is 11.9 Å². The van der Waals surface area contributed by atoms with Crippen molar-refractivity contribution in [2.45, 2.75) is 20.4 Å². The second-order valence-corrected chi connectivity index (χ2v) is 3.95. The van der Waals surface area contributed by atoms with E-state index in [4.69, 9.17) is 5.84 Å². The highest BCUT2D eigenvalue weighted by Crippen LogP contribution is 1.90. The molecule has 0 fully saturated rings. The highest BCUT2D eigenvalue weighted by Gasteiger charge is 1.97. The van der Waals surface area contributed by atoms with Crippen molar-refractivity contribution in [1.82, 2.24) is 20.3 Å². The van der Waals surface area contributed by atoms with Gasteiger partial charge in [0.15, 0.2) is 0 Å². The first-order valence-electron chi connectivity index (χ1n) is 5.43. The lowest BCUT2D eigenvalue weighted by Crippen LogP contribution is -2.43. The molecule has 0 unspecified atom stereocenters. The summed E-state index contributed by atoms with van der Waals surface area (Å²) in [5.74, 6) is 6.52. The van der Waals surface area contributed by atoms with Gasteiger partial charge in [0, 0.05) is 32.0 Å². The summed E-state index contributed by atoms with van der Waals surface area (Å²) in [6.45, 7) is 6.59. The number of guanidine groups is 1. The number of nitrogens with one attached hydrogen (secondary N) is 2. The van der Waals surface area contributed by atoms with Gasteiger partial charge in [-0.2, -0.15) is 0 Å². The van der Waals surface area contributed by atoms with Crippen LogP contribution in [0.5, 0.6) is 0 Å². The molecular formula is C10H20N6. The molecule has 6 nitrogen and oxygen atoms in total. The van der Waals surface area contributed by atoms with Gasteiger partial charge in [0.2, 0.25) is 5.96 Å². The number of nitrogens with two attached hydrogens (primary N) is 1. The van der Waals surface area contributed by atoms with Crippen LogP contribution in [0.1, 0.15) is 13.8 Å². The summed E-state index contributed by atoms with van der Waals surface area (Å²) in [5.41, 5.74) is 2.55. The van der Waals surface area contributed by atoms with E-state index in [1.807, 2.05) is 10.8 Å². The van der Waals surface area contributed by atoms with E-state index < -0.39 is 0 Å². The summed E-state index contributed by atoms with van der Waals surface area (Å²) in [5, 5.41) is 3.13. The van der Waals surface area contributed by atoms with E-state index in [9.17, 15) is 0 Å². The van der Waals surface area contributed by atoms with Gasteiger partial charge in [0.1, 0.15) is 0 Å². The number of hydrazine groups is 1. The second kappa shape index (κ2) is 6.84. The third-order valence-electron chi connectivity index (χ3n) is 1.97. The zero-order valence-corrected chi connectivity index (χ0v) is 9.85. The van der Waals surface area contributed by atoms with Crippen molar-refractivity contribution in [3.63, 3.8) is 0 Å². The molecular weight excluding hydrogens is 204 g/mol. The van der Waals surface area contributed by atoms with Crippen LogP contribution < -0.4 is 16.6 Å². The van der Waals surface area contributed by atoms with E-state index in [1.165, 1.54) is 0 Å². The summed E-state index contributed by atoms with van der Waals surface area (Å²) in [6.07, 6.45) is 5.46. The third-order valence-corrected chi connectivity index (χ3v) is 1.97. The molecule has 0 aliphatic carbocycles. The number of imidazole rings is 1. The Hall–Kier alpha value is -1.56. The number of hydrogen-bond acceptors (Lipinski definition) is 3. The van der Waals surface area contributed by atoms with Gasteiger partial charge in [-0.05, 0) is 5.92 Å². The first-order valence-corrected chi connectivity index (χ1v) is 5.43. The number of aliphatic imine (C=N–C) groups is 1. The predicted molar refractivity (Wildman–Crippen MR) is 64.7 cm³/mol. The fourth-order valence-corrected chi connectivity index (χ4v) is 1.15. The quantitative estimate of drug-likeness (QED) is 0.283. The van der Waals surface area contributed by atoms with Crippen molar-refractivity contribution in [2.75, 3.05) is 13.1 Å². The molecule has 1 rings (SSSR count). The lowest BCUT2D eigenvalue weighted by atomic mass is 10.2. The Labute approximate surface area is 95.9 Å². The Bertz CT molecular complexity index is 303. The maximum atomic E-state index is 5.36. The summed E-state index contributed by atoms with van der Waals surface area (Å²) in [4.78, 5) is 8.27. The molecule has 16 heavy (non-hydrogen) atoms. The van der Waals surface area contributed by atoms with Crippen molar-refractivity contribution >= 4 is 5.96 Å². The lowest BCUT2D eigenvalue weighted by Gasteiger charge is -2.10. The van der Waals surface area contributed by atoms with E-state index >= 15 is 0 Å². The van der Waals surface area contributed by atoms with Crippen LogP contribution in [0.25, 0.3) is 0 Å². The topological polar surface area (TPSA) is 80.3 Å². The Kier molecular flexibility index (Phi) is 5.35. The molecule has 6 heteroatoms. The van der Waals surface area contributed by atoms with Crippen LogP contribution in [0.15, 0.2) is 23.7 Å². The summed E-state index contributed by atoms with van der Waals surface area (Å²) < 4.78 is 1.99. The first kappa shape index (κ1) is 12.5. The molecule has 4 N–H and O–H groups in total. The standard InChI is InChI=1S/C10H20N6/c1-9(2)7-14-10(15-11)13-4-6-16-5-3-12-8-16/h3,5,8-9H,4,6-7,11H2,1-2H3,(H2,13,14,15). The van der Waals surface area contributed by atoms with E-state index in [2.05, 4.69) is 34.6 Å². The third kappa shape index (κ3) is 4.79. The van der Waals surface area contributed by atoms with Gasteiger partial charge >= 0.3 is 0 Å². The van der Waals surface area contributed by atoms with E-state index in [1.54, 1.807) is 12.5 Å². The Balaban J connectivity index is 2.26. The van der Waals surface area contributed by atoms with Gasteiger partial charge in [-0.15, -0.1) is 0 Å². The average molecular weight is 224 g/mol. The monoisotopic (exact) mass is 224 g/mol. The van der Waals surface area contributed by atoms with Gasteiger partial charge in [-0.3, -0.25) is 10.4 Å². The molecule has 0 atom stereocenters. The number of nitrogens with zero attached hydrogens (tertiary/aromatic N) is 3. The summed E-state index contributed by atoms with van der Waals surface area (Å²) in [7, 11) is 0. The minimum atomic E-state index is 0.527. The molecule has 0 aromatic carbocycles. The molecule has 0 saturated carbocycles. The van der Waals surface area contributed by atoms with Crippen molar-refractivity contribution in [1.29, 1.82) is 0 Å². The largest absolute Gasteiger partial charge is 0.354 e. The van der Waals surface area contributed by atoms with Crippen molar-refractivity contribution in [3.05, 3.63) is 18.7 Å². The van der Waals surface area contributed by atoms with E-state index in [-0.39, 0.29) is 0 Å². The number of hydrogen-bond donors (Lipinski definition) is 3. The van der Waals surface area contributed by atoms with Crippen molar-refractivity contribution in [2.24, 2.45) is 16.8 Å². The molecule has 0 spiro atoms. The molecule has 0 amide bonds. The van der Waals surface area contributed by atoms with Crippen LogP contribution in [0.3, 0.4) is 0 Å². The van der Waals surface area contributed by atoms with Gasteiger partial charge in [0.05, 0.1) is 6.33 Å². The van der Waals surface area contributed by atoms with Crippen LogP contribution in [0.2, 0.25) is 0 Å². The Morgan fingerprint density at radius 2 is 2.38 bits per heavy atom. The summed E-state index contributed by atoms with van der Waals surface area (Å²) >= 11 is 0. The van der Waals surface area contributed by atoms with Gasteiger partial charge in [-0.25, -0.2) is 10.8 Å². The van der Waals surface area contributed by atoms with E-state index in [0.717, 1.165) is 19.6 Å². The minimum Gasteiger partial charge on any atom is -0.354 e. The van der Waals surface area contributed by atoms with Crippen molar-refractivity contribution < 1.29 is 0 Å². The maximum absolute atomic E-state index is 5.36. The average Bonchev–Trinajstić information content (AvgIpc) is 2.75. The fourth-order valence-electron chi connectivity index (χ4n) is 1.15. The highest BCUT2D eigenvalue weighted by atomic mass is 15.3. The SMILES string of the molecule is CC(C)CN=C(NN)NCCn1ccnc1. The number of aromatic nitrogens is 2. The Morgan fingerprint density at radius 1 is 1.56 bits per heavy atom. The molecule has 0 aliphatic rings. The smallest absolute Gasteiger partial charge is 0.205 e.